The van der Waals surface area contributed by atoms with Crippen molar-refractivity contribution in [3.8, 4) is 5.75 Å². The second-order valence-corrected chi connectivity index (χ2v) is 9.25. The van der Waals surface area contributed by atoms with Crippen LogP contribution in [0.1, 0.15) is 82.0 Å². The number of rotatable bonds is 3. The van der Waals surface area contributed by atoms with Crippen molar-refractivity contribution in [3.63, 3.8) is 0 Å². The fourth-order valence-electron chi connectivity index (χ4n) is 3.00. The largest absolute Gasteiger partial charge is 0.506 e. The maximum atomic E-state index is 12.8. The van der Waals surface area contributed by atoms with Crippen LogP contribution in [0.4, 0.5) is 5.69 Å². The number of phenolic OH excluding ortho intramolecular Hbond substituents is 1. The molecule has 0 unspecified atom stereocenters. The monoisotopic (exact) mass is 355 g/mol. The molecular formula is C21H29N3O2. The zero-order valence-electron chi connectivity index (χ0n) is 16.6. The highest BCUT2D eigenvalue weighted by Gasteiger charge is 2.32. The first kappa shape index (κ1) is 18.5. The Morgan fingerprint density at radius 1 is 1.15 bits per heavy atom. The fraction of sp³-hybridized carbons (Fsp3) is 0.524. The van der Waals surface area contributed by atoms with Crippen molar-refractivity contribution < 1.29 is 9.90 Å². The molecule has 1 fully saturated rings. The first-order valence-corrected chi connectivity index (χ1v) is 9.22. The SMILES string of the molecule is CC(C)(C)c1ccc(O)c(NC(=O)c2cc(C3CC3)n(C(C)(C)C)n2)c1. The molecule has 0 bridgehead atoms. The molecule has 2 aromatic rings. The van der Waals surface area contributed by atoms with Gasteiger partial charge in [0.2, 0.25) is 0 Å². The van der Waals surface area contributed by atoms with E-state index in [4.69, 9.17) is 0 Å². The number of aromatic hydroxyl groups is 1. The van der Waals surface area contributed by atoms with Crippen molar-refractivity contribution in [1.82, 2.24) is 9.78 Å². The van der Waals surface area contributed by atoms with Crippen LogP contribution in [0.5, 0.6) is 5.75 Å². The van der Waals surface area contributed by atoms with Gasteiger partial charge in [-0.3, -0.25) is 9.48 Å². The Morgan fingerprint density at radius 2 is 1.81 bits per heavy atom. The molecule has 5 nitrogen and oxygen atoms in total. The highest BCUT2D eigenvalue weighted by Crippen LogP contribution is 2.42. The summed E-state index contributed by atoms with van der Waals surface area (Å²) in [7, 11) is 0. The fourth-order valence-corrected chi connectivity index (χ4v) is 3.00. The minimum absolute atomic E-state index is 0.0593. The van der Waals surface area contributed by atoms with Gasteiger partial charge >= 0.3 is 0 Å². The van der Waals surface area contributed by atoms with Gasteiger partial charge in [0.1, 0.15) is 5.75 Å². The lowest BCUT2D eigenvalue weighted by atomic mass is 9.87. The number of phenols is 1. The van der Waals surface area contributed by atoms with Gasteiger partial charge in [0.25, 0.3) is 5.91 Å². The van der Waals surface area contributed by atoms with Crippen LogP contribution in [-0.2, 0) is 11.0 Å². The quantitative estimate of drug-likeness (QED) is 0.779. The summed E-state index contributed by atoms with van der Waals surface area (Å²) in [5.74, 6) is 0.265. The molecule has 1 aliphatic carbocycles. The van der Waals surface area contributed by atoms with E-state index in [2.05, 4.69) is 52.0 Å². The molecule has 0 spiro atoms. The van der Waals surface area contributed by atoms with Crippen LogP contribution in [0.25, 0.3) is 0 Å². The summed E-state index contributed by atoms with van der Waals surface area (Å²) in [6.45, 7) is 12.6. The zero-order valence-corrected chi connectivity index (χ0v) is 16.6. The van der Waals surface area contributed by atoms with Gasteiger partial charge in [-0.1, -0.05) is 26.8 Å². The molecule has 26 heavy (non-hydrogen) atoms. The van der Waals surface area contributed by atoms with Gasteiger partial charge in [0, 0.05) is 11.6 Å². The minimum atomic E-state index is -0.295. The summed E-state index contributed by atoms with van der Waals surface area (Å²) in [6.07, 6.45) is 2.30. The Bertz CT molecular complexity index is 834. The lowest BCUT2D eigenvalue weighted by Gasteiger charge is -2.22. The third kappa shape index (κ3) is 3.76. The summed E-state index contributed by atoms with van der Waals surface area (Å²) >= 11 is 0. The van der Waals surface area contributed by atoms with E-state index >= 15 is 0 Å². The molecular weight excluding hydrogens is 326 g/mol. The molecule has 1 aromatic heterocycles. The summed E-state index contributed by atoms with van der Waals surface area (Å²) in [4.78, 5) is 12.8. The molecule has 0 saturated heterocycles. The first-order chi connectivity index (χ1) is 12.0. The maximum absolute atomic E-state index is 12.8. The van der Waals surface area contributed by atoms with Crippen LogP contribution in [0.2, 0.25) is 0 Å². The number of hydrogen-bond donors (Lipinski definition) is 2. The number of anilines is 1. The molecule has 0 aliphatic heterocycles. The molecule has 3 rings (SSSR count). The Hall–Kier alpha value is -2.30. The van der Waals surface area contributed by atoms with Crippen LogP contribution in [-0.4, -0.2) is 20.8 Å². The van der Waals surface area contributed by atoms with Crippen molar-refractivity contribution in [2.24, 2.45) is 0 Å². The zero-order chi connectivity index (χ0) is 19.3. The van der Waals surface area contributed by atoms with E-state index in [0.29, 0.717) is 17.3 Å². The van der Waals surface area contributed by atoms with Gasteiger partial charge in [-0.05, 0) is 62.8 Å². The lowest BCUT2D eigenvalue weighted by Crippen LogP contribution is -2.25. The number of hydrogen-bond acceptors (Lipinski definition) is 3. The molecule has 2 N–H and O–H groups in total. The molecule has 1 heterocycles. The Balaban J connectivity index is 1.89. The van der Waals surface area contributed by atoms with Crippen molar-refractivity contribution in [3.05, 3.63) is 41.2 Å². The summed E-state index contributed by atoms with van der Waals surface area (Å²) in [5.41, 5.74) is 2.73. The van der Waals surface area contributed by atoms with E-state index in [1.54, 1.807) is 6.07 Å². The molecule has 0 atom stereocenters. The Morgan fingerprint density at radius 3 is 2.35 bits per heavy atom. The highest BCUT2D eigenvalue weighted by molar-refractivity contribution is 6.03. The summed E-state index contributed by atoms with van der Waals surface area (Å²) in [6, 6.07) is 7.22. The van der Waals surface area contributed by atoms with Crippen LogP contribution < -0.4 is 5.32 Å². The van der Waals surface area contributed by atoms with E-state index in [-0.39, 0.29) is 22.6 Å². The normalized spacial score (nSPS) is 15.2. The predicted octanol–water partition coefficient (Wildman–Crippen LogP) is 4.77. The summed E-state index contributed by atoms with van der Waals surface area (Å²) in [5, 5.41) is 17.5. The second kappa shape index (κ2) is 6.15. The van der Waals surface area contributed by atoms with E-state index < -0.39 is 0 Å². The average Bonchev–Trinajstić information content (AvgIpc) is 3.25. The maximum Gasteiger partial charge on any atom is 0.276 e. The molecule has 1 aliphatic rings. The van der Waals surface area contributed by atoms with Gasteiger partial charge < -0.3 is 10.4 Å². The van der Waals surface area contributed by atoms with E-state index in [1.807, 2.05) is 22.9 Å². The topological polar surface area (TPSA) is 67.2 Å². The predicted molar refractivity (Wildman–Crippen MR) is 104 cm³/mol. The van der Waals surface area contributed by atoms with Gasteiger partial charge in [-0.25, -0.2) is 0 Å². The molecule has 1 saturated carbocycles. The Labute approximate surface area is 155 Å². The number of aromatic nitrogens is 2. The van der Waals surface area contributed by atoms with E-state index in [1.165, 1.54) is 0 Å². The van der Waals surface area contributed by atoms with Crippen LogP contribution in [0.15, 0.2) is 24.3 Å². The smallest absolute Gasteiger partial charge is 0.276 e. The number of benzene rings is 1. The first-order valence-electron chi connectivity index (χ1n) is 9.22. The van der Waals surface area contributed by atoms with Gasteiger partial charge in [-0.15, -0.1) is 0 Å². The summed E-state index contributed by atoms with van der Waals surface area (Å²) < 4.78 is 1.96. The van der Waals surface area contributed by atoms with Crippen molar-refractivity contribution >= 4 is 11.6 Å². The number of amides is 1. The van der Waals surface area contributed by atoms with E-state index in [9.17, 15) is 9.90 Å². The second-order valence-electron chi connectivity index (χ2n) is 9.25. The van der Waals surface area contributed by atoms with Gasteiger partial charge in [-0.2, -0.15) is 5.10 Å². The number of nitrogens with zero attached hydrogens (tertiary/aromatic N) is 2. The molecule has 5 heteroatoms. The Kier molecular flexibility index (Phi) is 4.37. The highest BCUT2D eigenvalue weighted by atomic mass is 16.3. The average molecular weight is 355 g/mol. The van der Waals surface area contributed by atoms with Crippen molar-refractivity contribution in [1.29, 1.82) is 0 Å². The minimum Gasteiger partial charge on any atom is -0.506 e. The molecule has 1 aromatic carbocycles. The third-order valence-corrected chi connectivity index (χ3v) is 4.71. The van der Waals surface area contributed by atoms with Crippen molar-refractivity contribution in [2.75, 3.05) is 5.32 Å². The lowest BCUT2D eigenvalue weighted by molar-refractivity contribution is 0.102. The number of carbonyl (C=O) groups excluding carboxylic acids is 1. The standard InChI is InChI=1S/C21H29N3O2/c1-20(2,3)14-9-10-18(25)15(11-14)22-19(26)16-12-17(13-7-8-13)24(23-16)21(4,5)6/h9-13,25H,7-8H2,1-6H3,(H,22,26). The van der Waals surface area contributed by atoms with Crippen LogP contribution >= 0.6 is 0 Å². The molecule has 140 valence electrons. The molecule has 0 radical (unpaired) electrons. The number of carbonyl (C=O) groups is 1. The van der Waals surface area contributed by atoms with Gasteiger partial charge in [0.15, 0.2) is 5.69 Å². The van der Waals surface area contributed by atoms with Crippen LogP contribution in [0, 0.1) is 0 Å². The third-order valence-electron chi connectivity index (χ3n) is 4.71. The van der Waals surface area contributed by atoms with E-state index in [0.717, 1.165) is 24.1 Å². The molecule has 1 amide bonds. The number of nitrogens with one attached hydrogen (secondary N) is 1. The van der Waals surface area contributed by atoms with Crippen molar-refractivity contribution in [2.45, 2.75) is 71.3 Å². The van der Waals surface area contributed by atoms with Crippen LogP contribution in [0.3, 0.4) is 0 Å². The van der Waals surface area contributed by atoms with Gasteiger partial charge in [0.05, 0.1) is 11.2 Å².